The Morgan fingerprint density at radius 3 is 2.12 bits per heavy atom. The standard InChI is InChI=1S/C22H20N2O/c1-15-7-4-5-10-21(15)23-24-22-16(2)8-6-9-20(22)19-13-11-18(12-14-19)17(3)25/h4-14H,1-3H3/b24-23+. The van der Waals surface area contributed by atoms with E-state index in [1.54, 1.807) is 6.92 Å². The second-order valence-corrected chi connectivity index (χ2v) is 6.09. The number of aryl methyl sites for hydroxylation is 2. The molecule has 0 aliphatic carbocycles. The molecular formula is C22H20N2O. The lowest BCUT2D eigenvalue weighted by Crippen LogP contribution is -1.91. The first-order chi connectivity index (χ1) is 12.1. The first-order valence-electron chi connectivity index (χ1n) is 8.24. The van der Waals surface area contributed by atoms with E-state index in [0.717, 1.165) is 33.6 Å². The third-order valence-electron chi connectivity index (χ3n) is 4.21. The van der Waals surface area contributed by atoms with Crippen LogP contribution in [-0.4, -0.2) is 5.78 Å². The third kappa shape index (κ3) is 3.72. The first-order valence-corrected chi connectivity index (χ1v) is 8.24. The van der Waals surface area contributed by atoms with Gasteiger partial charge in [0.25, 0.3) is 0 Å². The van der Waals surface area contributed by atoms with E-state index in [1.807, 2.05) is 80.6 Å². The minimum atomic E-state index is 0.0651. The molecule has 0 aliphatic rings. The molecule has 124 valence electrons. The normalized spacial score (nSPS) is 11.0. The van der Waals surface area contributed by atoms with Crippen LogP contribution in [-0.2, 0) is 0 Å². The Balaban J connectivity index is 2.03. The highest BCUT2D eigenvalue weighted by Gasteiger charge is 2.08. The maximum absolute atomic E-state index is 11.5. The van der Waals surface area contributed by atoms with Crippen molar-refractivity contribution in [1.29, 1.82) is 0 Å². The van der Waals surface area contributed by atoms with E-state index in [1.165, 1.54) is 0 Å². The molecule has 0 N–H and O–H groups in total. The van der Waals surface area contributed by atoms with Gasteiger partial charge in [0.1, 0.15) is 0 Å². The lowest BCUT2D eigenvalue weighted by molar-refractivity contribution is 0.101. The van der Waals surface area contributed by atoms with Crippen LogP contribution in [0, 0.1) is 13.8 Å². The number of benzene rings is 3. The van der Waals surface area contributed by atoms with Crippen LogP contribution in [0.4, 0.5) is 11.4 Å². The van der Waals surface area contributed by atoms with Crippen LogP contribution in [0.3, 0.4) is 0 Å². The Labute approximate surface area is 148 Å². The lowest BCUT2D eigenvalue weighted by Gasteiger charge is -2.09. The van der Waals surface area contributed by atoms with Crippen LogP contribution >= 0.6 is 0 Å². The summed E-state index contributed by atoms with van der Waals surface area (Å²) in [6.07, 6.45) is 0. The molecule has 0 aliphatic heterocycles. The average Bonchev–Trinajstić information content (AvgIpc) is 2.62. The van der Waals surface area contributed by atoms with Crippen molar-refractivity contribution >= 4 is 17.2 Å². The van der Waals surface area contributed by atoms with Crippen LogP contribution < -0.4 is 0 Å². The van der Waals surface area contributed by atoms with Crippen LogP contribution in [0.2, 0.25) is 0 Å². The second-order valence-electron chi connectivity index (χ2n) is 6.09. The summed E-state index contributed by atoms with van der Waals surface area (Å²) < 4.78 is 0. The molecule has 0 aromatic heterocycles. The third-order valence-corrected chi connectivity index (χ3v) is 4.21. The highest BCUT2D eigenvalue weighted by molar-refractivity contribution is 5.94. The predicted molar refractivity (Wildman–Crippen MR) is 102 cm³/mol. The lowest BCUT2D eigenvalue weighted by atomic mass is 9.99. The molecule has 3 heteroatoms. The van der Waals surface area contributed by atoms with E-state index in [-0.39, 0.29) is 5.78 Å². The molecule has 0 atom stereocenters. The summed E-state index contributed by atoms with van der Waals surface area (Å²) in [6, 6.07) is 21.6. The SMILES string of the molecule is CC(=O)c1ccc(-c2cccc(C)c2/N=N/c2ccccc2C)cc1. The fraction of sp³-hybridized carbons (Fsp3) is 0.136. The molecule has 3 aromatic rings. The highest BCUT2D eigenvalue weighted by atomic mass is 16.1. The maximum atomic E-state index is 11.5. The van der Waals surface area contributed by atoms with Crippen molar-refractivity contribution in [2.75, 3.05) is 0 Å². The van der Waals surface area contributed by atoms with Gasteiger partial charge >= 0.3 is 0 Å². The number of carbonyl (C=O) groups is 1. The molecule has 0 fully saturated rings. The summed E-state index contributed by atoms with van der Waals surface area (Å²) in [5.41, 5.74) is 6.60. The number of carbonyl (C=O) groups excluding carboxylic acids is 1. The number of ketones is 1. The van der Waals surface area contributed by atoms with E-state index in [2.05, 4.69) is 10.2 Å². The molecular weight excluding hydrogens is 308 g/mol. The number of hydrogen-bond donors (Lipinski definition) is 0. The van der Waals surface area contributed by atoms with E-state index >= 15 is 0 Å². The van der Waals surface area contributed by atoms with E-state index < -0.39 is 0 Å². The molecule has 0 bridgehead atoms. The van der Waals surface area contributed by atoms with Gasteiger partial charge in [0, 0.05) is 11.1 Å². The van der Waals surface area contributed by atoms with Gasteiger partial charge in [0.15, 0.2) is 5.78 Å². The Kier molecular flexibility index (Phi) is 4.85. The molecule has 0 saturated heterocycles. The largest absolute Gasteiger partial charge is 0.295 e. The van der Waals surface area contributed by atoms with Gasteiger partial charge in [-0.05, 0) is 43.5 Å². The zero-order valence-corrected chi connectivity index (χ0v) is 14.7. The summed E-state index contributed by atoms with van der Waals surface area (Å²) in [5.74, 6) is 0.0651. The van der Waals surface area contributed by atoms with Gasteiger partial charge in [-0.25, -0.2) is 0 Å². The van der Waals surface area contributed by atoms with Crippen LogP contribution in [0.15, 0.2) is 77.0 Å². The van der Waals surface area contributed by atoms with Crippen molar-refractivity contribution in [1.82, 2.24) is 0 Å². The van der Waals surface area contributed by atoms with Crippen LogP contribution in [0.25, 0.3) is 11.1 Å². The molecule has 3 rings (SSSR count). The Morgan fingerprint density at radius 1 is 0.760 bits per heavy atom. The van der Waals surface area contributed by atoms with Gasteiger partial charge in [-0.2, -0.15) is 5.11 Å². The van der Waals surface area contributed by atoms with Crippen molar-refractivity contribution in [3.05, 3.63) is 83.4 Å². The highest BCUT2D eigenvalue weighted by Crippen LogP contribution is 2.34. The minimum Gasteiger partial charge on any atom is -0.295 e. The van der Waals surface area contributed by atoms with Gasteiger partial charge in [0.2, 0.25) is 0 Å². The molecule has 0 radical (unpaired) electrons. The van der Waals surface area contributed by atoms with Gasteiger partial charge in [-0.15, -0.1) is 5.11 Å². The number of nitrogens with zero attached hydrogens (tertiary/aromatic N) is 2. The molecule has 3 aromatic carbocycles. The number of rotatable bonds is 4. The second kappa shape index (κ2) is 7.22. The van der Waals surface area contributed by atoms with Crippen molar-refractivity contribution in [2.24, 2.45) is 10.2 Å². The summed E-state index contributed by atoms with van der Waals surface area (Å²) in [6.45, 7) is 5.62. The molecule has 0 heterocycles. The molecule has 0 amide bonds. The Bertz CT molecular complexity index is 940. The molecule has 25 heavy (non-hydrogen) atoms. The first kappa shape index (κ1) is 16.8. The smallest absolute Gasteiger partial charge is 0.159 e. The number of hydrogen-bond acceptors (Lipinski definition) is 3. The van der Waals surface area contributed by atoms with Crippen molar-refractivity contribution < 1.29 is 4.79 Å². The van der Waals surface area contributed by atoms with Crippen molar-refractivity contribution in [3.8, 4) is 11.1 Å². The zero-order chi connectivity index (χ0) is 17.8. The summed E-state index contributed by atoms with van der Waals surface area (Å²) in [7, 11) is 0. The van der Waals surface area contributed by atoms with Crippen LogP contribution in [0.5, 0.6) is 0 Å². The van der Waals surface area contributed by atoms with Crippen molar-refractivity contribution in [2.45, 2.75) is 20.8 Å². The summed E-state index contributed by atoms with van der Waals surface area (Å²) in [4.78, 5) is 11.5. The van der Waals surface area contributed by atoms with E-state index in [4.69, 9.17) is 0 Å². The topological polar surface area (TPSA) is 41.8 Å². The quantitative estimate of drug-likeness (QED) is 0.393. The fourth-order valence-electron chi connectivity index (χ4n) is 2.69. The predicted octanol–water partition coefficient (Wildman–Crippen LogP) is 6.59. The van der Waals surface area contributed by atoms with Crippen LogP contribution in [0.1, 0.15) is 28.4 Å². The van der Waals surface area contributed by atoms with Gasteiger partial charge < -0.3 is 0 Å². The summed E-state index contributed by atoms with van der Waals surface area (Å²) in [5, 5.41) is 8.97. The molecule has 0 unspecified atom stereocenters. The minimum absolute atomic E-state index is 0.0651. The number of Topliss-reactive ketones (excluding diaryl/α,β-unsaturated/α-hetero) is 1. The zero-order valence-electron chi connectivity index (χ0n) is 14.7. The van der Waals surface area contributed by atoms with E-state index in [9.17, 15) is 4.79 Å². The molecule has 3 nitrogen and oxygen atoms in total. The average molecular weight is 328 g/mol. The number of azo groups is 1. The van der Waals surface area contributed by atoms with Gasteiger partial charge in [-0.3, -0.25) is 4.79 Å². The monoisotopic (exact) mass is 328 g/mol. The Morgan fingerprint density at radius 2 is 1.44 bits per heavy atom. The van der Waals surface area contributed by atoms with Gasteiger partial charge in [-0.1, -0.05) is 60.7 Å². The Hall–Kier alpha value is -3.07. The van der Waals surface area contributed by atoms with E-state index in [0.29, 0.717) is 5.56 Å². The van der Waals surface area contributed by atoms with Crippen molar-refractivity contribution in [3.63, 3.8) is 0 Å². The summed E-state index contributed by atoms with van der Waals surface area (Å²) >= 11 is 0. The maximum Gasteiger partial charge on any atom is 0.159 e. The molecule has 0 saturated carbocycles. The fourth-order valence-corrected chi connectivity index (χ4v) is 2.69. The van der Waals surface area contributed by atoms with Gasteiger partial charge in [0.05, 0.1) is 11.4 Å². The molecule has 0 spiro atoms.